The molecular formula is C21H32N6O4S. The van der Waals surface area contributed by atoms with E-state index >= 15 is 0 Å². The number of rotatable bonds is 12. The highest BCUT2D eigenvalue weighted by atomic mass is 32.1. The van der Waals surface area contributed by atoms with E-state index in [9.17, 15) is 4.79 Å². The Kier molecular flexibility index (Phi) is 9.60. The molecule has 0 radical (unpaired) electrons. The quantitative estimate of drug-likeness (QED) is 0.372. The van der Waals surface area contributed by atoms with Gasteiger partial charge in [0.15, 0.2) is 5.13 Å². The summed E-state index contributed by atoms with van der Waals surface area (Å²) in [5, 5.41) is 3.77. The molecule has 1 N–H and O–H groups in total. The van der Waals surface area contributed by atoms with Crippen LogP contribution in [0.15, 0.2) is 12.3 Å². The Balaban J connectivity index is 1.50. The van der Waals surface area contributed by atoms with Crippen molar-refractivity contribution in [3.8, 4) is 0 Å². The van der Waals surface area contributed by atoms with Gasteiger partial charge >= 0.3 is 5.97 Å². The summed E-state index contributed by atoms with van der Waals surface area (Å²) in [6, 6.07) is 1.92. The van der Waals surface area contributed by atoms with E-state index in [4.69, 9.17) is 14.2 Å². The van der Waals surface area contributed by atoms with E-state index in [1.165, 1.54) is 17.5 Å². The number of aryl methyl sites for hydroxylation is 1. The summed E-state index contributed by atoms with van der Waals surface area (Å²) >= 11 is 1.24. The summed E-state index contributed by atoms with van der Waals surface area (Å²) < 4.78 is 15.9. The largest absolute Gasteiger partial charge is 0.462 e. The highest BCUT2D eigenvalue weighted by Gasteiger charge is 2.19. The van der Waals surface area contributed by atoms with Crippen LogP contribution in [0.5, 0.6) is 0 Å². The number of hydrogen-bond acceptors (Lipinski definition) is 11. The molecule has 1 fully saturated rings. The zero-order valence-corrected chi connectivity index (χ0v) is 19.8. The predicted molar refractivity (Wildman–Crippen MR) is 124 cm³/mol. The maximum absolute atomic E-state index is 11.8. The summed E-state index contributed by atoms with van der Waals surface area (Å²) in [5.74, 6) is 1.85. The Bertz CT molecular complexity index is 857. The Labute approximate surface area is 192 Å². The molecule has 1 aliphatic rings. The normalized spacial score (nSPS) is 14.5. The molecule has 0 aromatic carbocycles. The van der Waals surface area contributed by atoms with Crippen LogP contribution in [0, 0.1) is 6.92 Å². The number of hydrogen-bond donors (Lipinski definition) is 1. The van der Waals surface area contributed by atoms with Gasteiger partial charge in [-0.25, -0.2) is 19.7 Å². The van der Waals surface area contributed by atoms with Gasteiger partial charge in [-0.05, 0) is 20.8 Å². The number of nitrogens with zero attached hydrogens (tertiary/aromatic N) is 5. The van der Waals surface area contributed by atoms with Crippen LogP contribution in [0.3, 0.4) is 0 Å². The monoisotopic (exact) mass is 464 g/mol. The number of thiazole rings is 1. The molecule has 1 aliphatic heterocycles. The van der Waals surface area contributed by atoms with E-state index in [-0.39, 0.29) is 5.97 Å². The van der Waals surface area contributed by atoms with Crippen molar-refractivity contribution in [2.75, 3.05) is 76.0 Å². The number of carbonyl (C=O) groups excluding carboxylic acids is 1. The van der Waals surface area contributed by atoms with Gasteiger partial charge in [-0.2, -0.15) is 0 Å². The van der Waals surface area contributed by atoms with Crippen molar-refractivity contribution in [1.29, 1.82) is 0 Å². The molecule has 0 atom stereocenters. The van der Waals surface area contributed by atoms with Crippen molar-refractivity contribution < 1.29 is 19.0 Å². The first kappa shape index (κ1) is 24.3. The first-order chi connectivity index (χ1) is 15.6. The fourth-order valence-corrected chi connectivity index (χ4v) is 3.99. The lowest BCUT2D eigenvalue weighted by Gasteiger charge is -2.35. The second-order valence-electron chi connectivity index (χ2n) is 7.17. The van der Waals surface area contributed by atoms with E-state index in [1.54, 1.807) is 6.92 Å². The Morgan fingerprint density at radius 3 is 2.62 bits per heavy atom. The molecule has 2 aromatic heterocycles. The molecule has 0 unspecified atom stereocenters. The fraction of sp³-hybridized carbons (Fsp3) is 0.619. The standard InChI is InChI=1S/C21H32N6O4S/c1-4-29-12-13-30-11-10-26-6-8-27(9-7-26)19-14-18(23-16(3)24-19)25-21-22-15-17(32-21)20(28)31-5-2/h14-15H,4-13H2,1-3H3,(H,22,23,24,25). The Morgan fingerprint density at radius 1 is 1.09 bits per heavy atom. The lowest BCUT2D eigenvalue weighted by Crippen LogP contribution is -2.47. The van der Waals surface area contributed by atoms with Crippen LogP contribution in [0.2, 0.25) is 0 Å². The zero-order valence-electron chi connectivity index (χ0n) is 19.0. The molecule has 1 saturated heterocycles. The number of piperazine rings is 1. The summed E-state index contributed by atoms with van der Waals surface area (Å²) in [6.07, 6.45) is 1.51. The molecule has 32 heavy (non-hydrogen) atoms. The molecule has 2 aromatic rings. The third-order valence-corrected chi connectivity index (χ3v) is 5.76. The minimum absolute atomic E-state index is 0.335. The van der Waals surface area contributed by atoms with Gasteiger partial charge in [0.2, 0.25) is 0 Å². The van der Waals surface area contributed by atoms with Gasteiger partial charge in [-0.1, -0.05) is 11.3 Å². The number of anilines is 3. The minimum Gasteiger partial charge on any atom is -0.462 e. The highest BCUT2D eigenvalue weighted by Crippen LogP contribution is 2.24. The predicted octanol–water partition coefficient (Wildman–Crippen LogP) is 2.34. The first-order valence-corrected chi connectivity index (χ1v) is 11.8. The van der Waals surface area contributed by atoms with Gasteiger partial charge in [0.25, 0.3) is 0 Å². The second-order valence-corrected chi connectivity index (χ2v) is 8.20. The van der Waals surface area contributed by atoms with Crippen molar-refractivity contribution >= 4 is 34.1 Å². The third-order valence-electron chi connectivity index (χ3n) is 4.87. The third kappa shape index (κ3) is 7.37. The SMILES string of the molecule is CCOCCOCCN1CCN(c2cc(Nc3ncc(C(=O)OCC)s3)nc(C)n2)CC1. The highest BCUT2D eigenvalue weighted by molar-refractivity contribution is 7.17. The summed E-state index contributed by atoms with van der Waals surface area (Å²) in [7, 11) is 0. The number of carbonyl (C=O) groups is 1. The second kappa shape index (κ2) is 12.6. The van der Waals surface area contributed by atoms with Crippen LogP contribution in [-0.2, 0) is 14.2 Å². The minimum atomic E-state index is -0.366. The molecule has 0 saturated carbocycles. The fourth-order valence-electron chi connectivity index (χ4n) is 3.27. The number of esters is 1. The van der Waals surface area contributed by atoms with Crippen LogP contribution >= 0.6 is 11.3 Å². The smallest absolute Gasteiger partial charge is 0.350 e. The van der Waals surface area contributed by atoms with Crippen molar-refractivity contribution in [3.63, 3.8) is 0 Å². The molecule has 0 aliphatic carbocycles. The topological polar surface area (TPSA) is 102 Å². The summed E-state index contributed by atoms with van der Waals surface area (Å²) in [4.78, 5) is 30.3. The van der Waals surface area contributed by atoms with Gasteiger partial charge in [-0.3, -0.25) is 4.90 Å². The molecule has 3 heterocycles. The number of aromatic nitrogens is 3. The maximum Gasteiger partial charge on any atom is 0.350 e. The van der Waals surface area contributed by atoms with Crippen molar-refractivity contribution in [1.82, 2.24) is 19.9 Å². The number of ether oxygens (including phenoxy) is 3. The molecule has 11 heteroatoms. The Morgan fingerprint density at radius 2 is 1.88 bits per heavy atom. The van der Waals surface area contributed by atoms with Crippen LogP contribution in [0.25, 0.3) is 0 Å². The maximum atomic E-state index is 11.8. The number of nitrogens with one attached hydrogen (secondary N) is 1. The lowest BCUT2D eigenvalue weighted by molar-refractivity contribution is 0.0422. The van der Waals surface area contributed by atoms with Crippen LogP contribution in [0.1, 0.15) is 29.3 Å². The van der Waals surface area contributed by atoms with Gasteiger partial charge in [0.1, 0.15) is 22.3 Å². The first-order valence-electron chi connectivity index (χ1n) is 11.0. The van der Waals surface area contributed by atoms with E-state index in [2.05, 4.69) is 30.1 Å². The van der Waals surface area contributed by atoms with E-state index < -0.39 is 0 Å². The Hall–Kier alpha value is -2.34. The van der Waals surface area contributed by atoms with Crippen molar-refractivity contribution in [2.24, 2.45) is 0 Å². The zero-order chi connectivity index (χ0) is 22.8. The summed E-state index contributed by atoms with van der Waals surface area (Å²) in [5.41, 5.74) is 0. The molecule has 0 amide bonds. The van der Waals surface area contributed by atoms with E-state index in [1.807, 2.05) is 19.9 Å². The molecule has 0 spiro atoms. The van der Waals surface area contributed by atoms with Crippen LogP contribution in [0.4, 0.5) is 16.8 Å². The van der Waals surface area contributed by atoms with Crippen LogP contribution < -0.4 is 10.2 Å². The van der Waals surface area contributed by atoms with Crippen LogP contribution in [-0.4, -0.2) is 91.6 Å². The van der Waals surface area contributed by atoms with Crippen molar-refractivity contribution in [3.05, 3.63) is 23.0 Å². The average molecular weight is 465 g/mol. The van der Waals surface area contributed by atoms with Gasteiger partial charge in [-0.15, -0.1) is 0 Å². The van der Waals surface area contributed by atoms with Gasteiger partial charge in [0, 0.05) is 45.4 Å². The molecule has 10 nitrogen and oxygen atoms in total. The van der Waals surface area contributed by atoms with Crippen molar-refractivity contribution in [2.45, 2.75) is 20.8 Å². The molecule has 0 bridgehead atoms. The van der Waals surface area contributed by atoms with Gasteiger partial charge < -0.3 is 24.4 Å². The van der Waals surface area contributed by atoms with E-state index in [0.29, 0.717) is 41.5 Å². The molecule has 176 valence electrons. The summed E-state index contributed by atoms with van der Waals surface area (Å²) in [6.45, 7) is 13.3. The van der Waals surface area contributed by atoms with Gasteiger partial charge in [0.05, 0.1) is 32.6 Å². The lowest BCUT2D eigenvalue weighted by atomic mass is 10.3. The molecular weight excluding hydrogens is 432 g/mol. The molecule has 3 rings (SSSR count). The van der Waals surface area contributed by atoms with E-state index in [0.717, 1.165) is 51.8 Å². The average Bonchev–Trinajstić information content (AvgIpc) is 3.25.